The van der Waals surface area contributed by atoms with Crippen molar-refractivity contribution in [2.75, 3.05) is 12.4 Å². The Bertz CT molecular complexity index is 854. The second-order valence-electron chi connectivity index (χ2n) is 5.79. The number of hydrogen-bond acceptors (Lipinski definition) is 4. The third-order valence-corrected chi connectivity index (χ3v) is 3.69. The van der Waals surface area contributed by atoms with Crippen molar-refractivity contribution in [1.29, 1.82) is 0 Å². The first-order chi connectivity index (χ1) is 12.7. The average Bonchev–Trinajstić information content (AvgIpc) is 2.62. The van der Waals surface area contributed by atoms with Crippen molar-refractivity contribution in [3.63, 3.8) is 0 Å². The molecule has 2 aromatic rings. The van der Waals surface area contributed by atoms with E-state index in [1.807, 2.05) is 6.92 Å². The van der Waals surface area contributed by atoms with Crippen LogP contribution < -0.4 is 5.32 Å². The van der Waals surface area contributed by atoms with Crippen LogP contribution in [-0.2, 0) is 4.74 Å². The number of hydrogen-bond donors (Lipinski definition) is 1. The monoisotopic (exact) mass is 375 g/mol. The van der Waals surface area contributed by atoms with Crippen LogP contribution in [0.4, 0.5) is 18.9 Å². The van der Waals surface area contributed by atoms with E-state index in [9.17, 15) is 13.2 Å². The first kappa shape index (κ1) is 20.2. The number of allylic oxidation sites excluding steroid dienone is 1. The summed E-state index contributed by atoms with van der Waals surface area (Å²) < 4.78 is 46.1. The highest BCUT2D eigenvalue weighted by atomic mass is 19.4. The maximum atomic E-state index is 13.7. The van der Waals surface area contributed by atoms with Crippen LogP contribution in [0.15, 0.2) is 77.5 Å². The molecule has 7 heteroatoms. The van der Waals surface area contributed by atoms with Gasteiger partial charge in [-0.15, -0.1) is 0 Å². The molecule has 27 heavy (non-hydrogen) atoms. The van der Waals surface area contributed by atoms with Crippen molar-refractivity contribution in [3.05, 3.63) is 83.7 Å². The summed E-state index contributed by atoms with van der Waals surface area (Å²) in [6, 6.07) is 10.3. The topological polar surface area (TPSA) is 46.5 Å². The van der Waals surface area contributed by atoms with Crippen LogP contribution in [0.25, 0.3) is 0 Å². The molecule has 0 atom stereocenters. The number of pyridine rings is 1. The first-order valence-electron chi connectivity index (χ1n) is 8.06. The van der Waals surface area contributed by atoms with E-state index in [4.69, 9.17) is 4.74 Å². The predicted octanol–water partition coefficient (Wildman–Crippen LogP) is 5.25. The lowest BCUT2D eigenvalue weighted by molar-refractivity contribution is -0.0923. The Labute approximate surface area is 156 Å². The Morgan fingerprint density at radius 3 is 2.37 bits per heavy atom. The number of halogens is 3. The molecule has 0 saturated carbocycles. The Morgan fingerprint density at radius 2 is 1.85 bits per heavy atom. The number of aryl methyl sites for hydroxylation is 1. The summed E-state index contributed by atoms with van der Waals surface area (Å²) in [6.07, 6.45) is -1.63. The molecule has 0 aliphatic heterocycles. The van der Waals surface area contributed by atoms with Crippen LogP contribution in [0.1, 0.15) is 18.1 Å². The van der Waals surface area contributed by atoms with Gasteiger partial charge in [-0.3, -0.25) is 4.98 Å². The van der Waals surface area contributed by atoms with Gasteiger partial charge in [0.25, 0.3) is 0 Å². The van der Waals surface area contributed by atoms with Crippen LogP contribution >= 0.6 is 0 Å². The van der Waals surface area contributed by atoms with Crippen LogP contribution in [0.5, 0.6) is 0 Å². The molecule has 2 rings (SSSR count). The second-order valence-corrected chi connectivity index (χ2v) is 5.79. The standard InChI is InChI=1S/C20H20F3N3O/c1-13-7-9-17(10-8-13)25-15(3)18(20(21,22)23)19(27-4)26-14(2)16-6-5-11-24-12-16/h5-12,25H,3H2,1-2,4H3/b19-18-,26-14?. The Kier molecular flexibility index (Phi) is 6.39. The fraction of sp³-hybridized carbons (Fsp3) is 0.200. The first-order valence-corrected chi connectivity index (χ1v) is 8.06. The van der Waals surface area contributed by atoms with E-state index < -0.39 is 17.6 Å². The third kappa shape index (κ3) is 5.44. The number of rotatable bonds is 6. The number of aliphatic imine (C=N–C) groups is 1. The number of methoxy groups -OCH3 is 1. The van der Waals surface area contributed by atoms with E-state index in [2.05, 4.69) is 21.9 Å². The zero-order valence-corrected chi connectivity index (χ0v) is 15.3. The average molecular weight is 375 g/mol. The lowest BCUT2D eigenvalue weighted by Crippen LogP contribution is -2.20. The lowest BCUT2D eigenvalue weighted by Gasteiger charge is -2.18. The zero-order chi connectivity index (χ0) is 20.0. The number of alkyl halides is 3. The summed E-state index contributed by atoms with van der Waals surface area (Å²) in [4.78, 5) is 7.96. The van der Waals surface area contributed by atoms with E-state index in [0.29, 0.717) is 17.0 Å². The number of nitrogens with zero attached hydrogens (tertiary/aromatic N) is 2. The minimum Gasteiger partial charge on any atom is -0.480 e. The highest BCUT2D eigenvalue weighted by Crippen LogP contribution is 2.34. The van der Waals surface area contributed by atoms with Gasteiger partial charge in [0.1, 0.15) is 5.57 Å². The number of nitrogens with one attached hydrogen (secondary N) is 1. The molecule has 0 unspecified atom stereocenters. The Morgan fingerprint density at radius 1 is 1.19 bits per heavy atom. The molecule has 0 spiro atoms. The quantitative estimate of drug-likeness (QED) is 0.426. The number of benzene rings is 1. The van der Waals surface area contributed by atoms with Gasteiger partial charge in [-0.2, -0.15) is 13.2 Å². The Hall–Kier alpha value is -3.09. The summed E-state index contributed by atoms with van der Waals surface area (Å²) in [5, 5.41) is 2.67. The molecule has 0 radical (unpaired) electrons. The largest absolute Gasteiger partial charge is 0.480 e. The Balaban J connectivity index is 2.44. The van der Waals surface area contributed by atoms with Gasteiger partial charge in [0.15, 0.2) is 0 Å². The summed E-state index contributed by atoms with van der Waals surface area (Å²) in [7, 11) is 1.14. The summed E-state index contributed by atoms with van der Waals surface area (Å²) in [6.45, 7) is 7.01. The minimum absolute atomic E-state index is 0.338. The van der Waals surface area contributed by atoms with E-state index in [0.717, 1.165) is 12.7 Å². The maximum absolute atomic E-state index is 13.7. The van der Waals surface area contributed by atoms with Crippen molar-refractivity contribution in [1.82, 2.24) is 4.98 Å². The molecule has 4 nitrogen and oxygen atoms in total. The molecule has 0 fully saturated rings. The van der Waals surface area contributed by atoms with Gasteiger partial charge in [-0.05, 0) is 32.0 Å². The fourth-order valence-electron chi connectivity index (χ4n) is 2.29. The van der Waals surface area contributed by atoms with Crippen molar-refractivity contribution in [2.45, 2.75) is 20.0 Å². The van der Waals surface area contributed by atoms with Crippen molar-refractivity contribution < 1.29 is 17.9 Å². The van der Waals surface area contributed by atoms with Crippen LogP contribution in [0, 0.1) is 6.92 Å². The van der Waals surface area contributed by atoms with Crippen LogP contribution in [-0.4, -0.2) is 24.0 Å². The maximum Gasteiger partial charge on any atom is 0.423 e. The van der Waals surface area contributed by atoms with Gasteiger partial charge in [-0.25, -0.2) is 4.99 Å². The van der Waals surface area contributed by atoms with Crippen molar-refractivity contribution >= 4 is 11.4 Å². The number of anilines is 1. The third-order valence-electron chi connectivity index (χ3n) is 3.69. The van der Waals surface area contributed by atoms with E-state index >= 15 is 0 Å². The number of ether oxygens (including phenoxy) is 1. The highest BCUT2D eigenvalue weighted by Gasteiger charge is 2.40. The minimum atomic E-state index is -4.71. The SMILES string of the molecule is C=C(Nc1ccc(C)cc1)/C(=C(\N=C(C)c1cccnc1)OC)C(F)(F)F. The van der Waals surface area contributed by atoms with Gasteiger partial charge in [0.05, 0.1) is 12.8 Å². The molecular weight excluding hydrogens is 355 g/mol. The summed E-state index contributed by atoms with van der Waals surface area (Å²) >= 11 is 0. The van der Waals surface area contributed by atoms with E-state index in [-0.39, 0.29) is 5.70 Å². The van der Waals surface area contributed by atoms with Gasteiger partial charge in [-0.1, -0.05) is 30.3 Å². The molecule has 0 amide bonds. The number of aromatic nitrogens is 1. The molecule has 1 aromatic carbocycles. The molecule has 0 saturated heterocycles. The van der Waals surface area contributed by atoms with Gasteiger partial charge < -0.3 is 10.1 Å². The summed E-state index contributed by atoms with van der Waals surface area (Å²) in [5.74, 6) is -0.575. The summed E-state index contributed by atoms with van der Waals surface area (Å²) in [5.41, 5.74) is 0.970. The second kappa shape index (κ2) is 8.53. The van der Waals surface area contributed by atoms with Gasteiger partial charge in [0, 0.05) is 29.3 Å². The van der Waals surface area contributed by atoms with Crippen molar-refractivity contribution in [3.8, 4) is 0 Å². The highest BCUT2D eigenvalue weighted by molar-refractivity contribution is 5.99. The van der Waals surface area contributed by atoms with Crippen molar-refractivity contribution in [2.24, 2.45) is 4.99 Å². The smallest absolute Gasteiger partial charge is 0.423 e. The van der Waals surface area contributed by atoms with Gasteiger partial charge in [0.2, 0.25) is 5.88 Å². The molecular formula is C20H20F3N3O. The molecule has 0 bridgehead atoms. The van der Waals surface area contributed by atoms with Crippen LogP contribution in [0.2, 0.25) is 0 Å². The van der Waals surface area contributed by atoms with E-state index in [1.165, 1.54) is 6.20 Å². The lowest BCUT2D eigenvalue weighted by atomic mass is 10.1. The molecule has 1 N–H and O–H groups in total. The molecule has 0 aliphatic carbocycles. The molecule has 0 aliphatic rings. The fourth-order valence-corrected chi connectivity index (χ4v) is 2.29. The predicted molar refractivity (Wildman–Crippen MR) is 100 cm³/mol. The molecule has 1 heterocycles. The zero-order valence-electron chi connectivity index (χ0n) is 15.3. The van der Waals surface area contributed by atoms with Gasteiger partial charge >= 0.3 is 6.18 Å². The normalized spacial score (nSPS) is 13.0. The molecule has 1 aromatic heterocycles. The molecule has 142 valence electrons. The van der Waals surface area contributed by atoms with E-state index in [1.54, 1.807) is 49.5 Å². The van der Waals surface area contributed by atoms with Crippen LogP contribution in [0.3, 0.4) is 0 Å².